The minimum absolute atomic E-state index is 0.127. The summed E-state index contributed by atoms with van der Waals surface area (Å²) >= 11 is 7.18. The third-order valence-corrected chi connectivity index (χ3v) is 3.58. The molecule has 0 aliphatic rings. The number of amides is 1. The summed E-state index contributed by atoms with van der Waals surface area (Å²) in [5, 5.41) is 7.95. The Labute approximate surface area is 119 Å². The molecule has 2 N–H and O–H groups in total. The molecule has 0 aliphatic carbocycles. The van der Waals surface area contributed by atoms with Gasteiger partial charge in [0.15, 0.2) is 0 Å². The van der Waals surface area contributed by atoms with E-state index in [4.69, 9.17) is 11.6 Å². The zero-order chi connectivity index (χ0) is 13.8. The van der Waals surface area contributed by atoms with Gasteiger partial charge in [0.2, 0.25) is 5.91 Å². The fourth-order valence-electron chi connectivity index (χ4n) is 1.59. The number of benzene rings is 1. The molecule has 1 aromatic carbocycles. The van der Waals surface area contributed by atoms with Crippen LogP contribution in [0, 0.1) is 5.82 Å². The Kier molecular flexibility index (Phi) is 4.39. The second kappa shape index (κ2) is 6.04. The van der Waals surface area contributed by atoms with Crippen molar-refractivity contribution in [2.75, 3.05) is 10.6 Å². The second-order valence-electron chi connectivity index (χ2n) is 3.92. The first kappa shape index (κ1) is 13.8. The summed E-state index contributed by atoms with van der Waals surface area (Å²) < 4.78 is 13.6. The third kappa shape index (κ3) is 3.68. The molecule has 1 amide bonds. The largest absolute Gasteiger partial charge is 0.378 e. The maximum absolute atomic E-state index is 13.6. The Bertz CT molecular complexity index is 600. The monoisotopic (exact) mass is 298 g/mol. The lowest BCUT2D eigenvalue weighted by Gasteiger charge is -2.08. The summed E-state index contributed by atoms with van der Waals surface area (Å²) in [7, 11) is 0. The number of halogens is 2. The molecule has 19 heavy (non-hydrogen) atoms. The average molecular weight is 299 g/mol. The molecule has 0 unspecified atom stereocenters. The van der Waals surface area contributed by atoms with E-state index in [1.165, 1.54) is 24.3 Å². The molecule has 0 saturated carbocycles. The van der Waals surface area contributed by atoms with Crippen LogP contribution >= 0.6 is 22.9 Å². The van der Waals surface area contributed by atoms with Crippen molar-refractivity contribution >= 4 is 40.2 Å². The van der Waals surface area contributed by atoms with Gasteiger partial charge in [-0.25, -0.2) is 4.39 Å². The van der Waals surface area contributed by atoms with E-state index in [0.29, 0.717) is 17.3 Å². The Morgan fingerprint density at radius 2 is 2.16 bits per heavy atom. The molecular formula is C13H12ClFN2OS. The summed E-state index contributed by atoms with van der Waals surface area (Å²) in [6, 6.07) is 6.29. The lowest BCUT2D eigenvalue weighted by molar-refractivity contribution is -0.114. The van der Waals surface area contributed by atoms with E-state index in [2.05, 4.69) is 10.6 Å². The zero-order valence-electron chi connectivity index (χ0n) is 10.2. The first-order valence-electron chi connectivity index (χ1n) is 5.59. The molecule has 0 aliphatic heterocycles. The lowest BCUT2D eigenvalue weighted by Crippen LogP contribution is -2.08. The Morgan fingerprint density at radius 1 is 1.37 bits per heavy atom. The standard InChI is InChI=1S/C13H12ClFN2OS/c1-8(18)17-12-4-5-19-13(12)7-16-11-3-2-9(14)6-10(11)15/h2-6,16H,7H2,1H3,(H,17,18). The highest BCUT2D eigenvalue weighted by atomic mass is 35.5. The SMILES string of the molecule is CC(=O)Nc1ccsc1CNc1ccc(Cl)cc1F. The number of carbonyl (C=O) groups is 1. The van der Waals surface area contributed by atoms with Gasteiger partial charge < -0.3 is 10.6 Å². The van der Waals surface area contributed by atoms with Gasteiger partial charge in [0.25, 0.3) is 0 Å². The molecule has 0 bridgehead atoms. The van der Waals surface area contributed by atoms with Gasteiger partial charge in [-0.15, -0.1) is 11.3 Å². The molecule has 0 spiro atoms. The van der Waals surface area contributed by atoms with E-state index >= 15 is 0 Å². The summed E-state index contributed by atoms with van der Waals surface area (Å²) in [5.41, 5.74) is 1.13. The van der Waals surface area contributed by atoms with Crippen LogP contribution in [0.2, 0.25) is 5.02 Å². The van der Waals surface area contributed by atoms with Crippen LogP contribution in [-0.4, -0.2) is 5.91 Å². The van der Waals surface area contributed by atoms with E-state index in [-0.39, 0.29) is 5.91 Å². The van der Waals surface area contributed by atoms with Crippen LogP contribution in [-0.2, 0) is 11.3 Å². The van der Waals surface area contributed by atoms with E-state index in [9.17, 15) is 9.18 Å². The number of anilines is 2. The van der Waals surface area contributed by atoms with Crippen LogP contribution < -0.4 is 10.6 Å². The van der Waals surface area contributed by atoms with Gasteiger partial charge in [-0.2, -0.15) is 0 Å². The number of hydrogen-bond acceptors (Lipinski definition) is 3. The molecule has 2 aromatic rings. The van der Waals surface area contributed by atoms with Crippen molar-refractivity contribution in [3.63, 3.8) is 0 Å². The summed E-state index contributed by atoms with van der Waals surface area (Å²) in [6.45, 7) is 1.89. The van der Waals surface area contributed by atoms with E-state index in [0.717, 1.165) is 10.6 Å². The van der Waals surface area contributed by atoms with Crippen LogP contribution in [0.15, 0.2) is 29.6 Å². The molecule has 0 atom stereocenters. The van der Waals surface area contributed by atoms with Gasteiger partial charge in [0.1, 0.15) is 5.82 Å². The predicted octanol–water partition coefficient (Wildman–Crippen LogP) is 4.11. The van der Waals surface area contributed by atoms with Gasteiger partial charge >= 0.3 is 0 Å². The van der Waals surface area contributed by atoms with E-state index in [1.807, 2.05) is 11.4 Å². The van der Waals surface area contributed by atoms with Crippen molar-refractivity contribution in [2.45, 2.75) is 13.5 Å². The summed E-state index contributed by atoms with van der Waals surface area (Å²) in [4.78, 5) is 12.0. The van der Waals surface area contributed by atoms with Crippen molar-refractivity contribution in [1.29, 1.82) is 0 Å². The van der Waals surface area contributed by atoms with Crippen LogP contribution in [0.4, 0.5) is 15.8 Å². The number of nitrogens with one attached hydrogen (secondary N) is 2. The number of carbonyl (C=O) groups excluding carboxylic acids is 1. The number of hydrogen-bond donors (Lipinski definition) is 2. The number of thiophene rings is 1. The van der Waals surface area contributed by atoms with E-state index < -0.39 is 5.82 Å². The maximum atomic E-state index is 13.6. The highest BCUT2D eigenvalue weighted by molar-refractivity contribution is 7.10. The number of rotatable bonds is 4. The van der Waals surface area contributed by atoms with Crippen molar-refractivity contribution in [3.8, 4) is 0 Å². The molecule has 0 radical (unpaired) electrons. The maximum Gasteiger partial charge on any atom is 0.221 e. The van der Waals surface area contributed by atoms with Crippen molar-refractivity contribution in [1.82, 2.24) is 0 Å². The molecule has 0 saturated heterocycles. The zero-order valence-corrected chi connectivity index (χ0v) is 11.7. The predicted molar refractivity (Wildman–Crippen MR) is 77.4 cm³/mol. The van der Waals surface area contributed by atoms with Crippen LogP contribution in [0.3, 0.4) is 0 Å². The molecule has 0 fully saturated rings. The van der Waals surface area contributed by atoms with Crippen molar-refractivity contribution in [2.24, 2.45) is 0 Å². The molecule has 6 heteroatoms. The van der Waals surface area contributed by atoms with Crippen LogP contribution in [0.25, 0.3) is 0 Å². The second-order valence-corrected chi connectivity index (χ2v) is 5.35. The van der Waals surface area contributed by atoms with Crippen LogP contribution in [0.5, 0.6) is 0 Å². The normalized spacial score (nSPS) is 10.3. The fourth-order valence-corrected chi connectivity index (χ4v) is 2.52. The molecule has 100 valence electrons. The molecule has 2 rings (SSSR count). The third-order valence-electron chi connectivity index (χ3n) is 2.43. The van der Waals surface area contributed by atoms with Crippen LogP contribution in [0.1, 0.15) is 11.8 Å². The first-order valence-corrected chi connectivity index (χ1v) is 6.85. The van der Waals surface area contributed by atoms with Crippen molar-refractivity contribution < 1.29 is 9.18 Å². The van der Waals surface area contributed by atoms with Gasteiger partial charge in [-0.05, 0) is 29.6 Å². The minimum atomic E-state index is -0.398. The minimum Gasteiger partial charge on any atom is -0.378 e. The Hall–Kier alpha value is -1.59. The van der Waals surface area contributed by atoms with Gasteiger partial charge in [0.05, 0.1) is 17.9 Å². The smallest absolute Gasteiger partial charge is 0.221 e. The molecule has 1 aromatic heterocycles. The van der Waals surface area contributed by atoms with E-state index in [1.54, 1.807) is 12.1 Å². The topological polar surface area (TPSA) is 41.1 Å². The quantitative estimate of drug-likeness (QED) is 0.892. The first-order chi connectivity index (χ1) is 9.06. The fraction of sp³-hybridized carbons (Fsp3) is 0.154. The molecular weight excluding hydrogens is 287 g/mol. The highest BCUT2D eigenvalue weighted by Gasteiger charge is 2.07. The highest BCUT2D eigenvalue weighted by Crippen LogP contribution is 2.25. The molecule has 1 heterocycles. The Morgan fingerprint density at radius 3 is 2.84 bits per heavy atom. The van der Waals surface area contributed by atoms with Gasteiger partial charge in [-0.3, -0.25) is 4.79 Å². The lowest BCUT2D eigenvalue weighted by atomic mass is 10.3. The van der Waals surface area contributed by atoms with Gasteiger partial charge in [-0.1, -0.05) is 11.6 Å². The molecule has 3 nitrogen and oxygen atoms in total. The summed E-state index contributed by atoms with van der Waals surface area (Å²) in [6.07, 6.45) is 0. The van der Waals surface area contributed by atoms with Crippen molar-refractivity contribution in [3.05, 3.63) is 45.4 Å². The average Bonchev–Trinajstić information content (AvgIpc) is 2.74. The van der Waals surface area contributed by atoms with Gasteiger partial charge in [0, 0.05) is 16.8 Å². The summed E-state index contributed by atoms with van der Waals surface area (Å²) in [5.74, 6) is -0.526. The Balaban J connectivity index is 2.06.